The number of hydrogen-bond donors (Lipinski definition) is 1. The molecule has 1 N–H and O–H groups in total. The number of aromatic nitrogens is 2. The summed E-state index contributed by atoms with van der Waals surface area (Å²) in [6, 6.07) is 23.4. The second-order valence-corrected chi connectivity index (χ2v) is 7.65. The van der Waals surface area contributed by atoms with E-state index in [0.717, 1.165) is 42.2 Å². The van der Waals surface area contributed by atoms with Crippen LogP contribution in [0.4, 0.5) is 11.4 Å². The number of fused-ring (bicyclic) bond motifs is 3. The maximum atomic E-state index is 12.3. The quantitative estimate of drug-likeness (QED) is 0.501. The van der Waals surface area contributed by atoms with Crippen molar-refractivity contribution < 1.29 is 14.3 Å². The lowest BCUT2D eigenvalue weighted by atomic mass is 10.2. The highest BCUT2D eigenvalue weighted by Crippen LogP contribution is 2.26. The largest absolute Gasteiger partial charge is 0.497 e. The van der Waals surface area contributed by atoms with Crippen molar-refractivity contribution in [2.45, 2.75) is 13.1 Å². The molecule has 5 rings (SSSR count). The molecule has 7 heteroatoms. The molecule has 7 nitrogen and oxygen atoms in total. The first-order valence-corrected chi connectivity index (χ1v) is 10.6. The zero-order valence-electron chi connectivity index (χ0n) is 17.8. The fourth-order valence-electron chi connectivity index (χ4n) is 3.98. The summed E-state index contributed by atoms with van der Waals surface area (Å²) in [6.07, 6.45) is 0. The average Bonchev–Trinajstić information content (AvgIpc) is 3.20. The molecule has 1 aliphatic heterocycles. The fraction of sp³-hybridized carbons (Fsp3) is 0.200. The second-order valence-electron chi connectivity index (χ2n) is 7.65. The van der Waals surface area contributed by atoms with Gasteiger partial charge in [0, 0.05) is 24.5 Å². The van der Waals surface area contributed by atoms with Gasteiger partial charge >= 0.3 is 0 Å². The molecule has 0 bridgehead atoms. The van der Waals surface area contributed by atoms with Crippen LogP contribution in [-0.4, -0.2) is 35.7 Å². The summed E-state index contributed by atoms with van der Waals surface area (Å²) in [5.41, 5.74) is 3.87. The van der Waals surface area contributed by atoms with Gasteiger partial charge in [-0.05, 0) is 54.6 Å². The van der Waals surface area contributed by atoms with E-state index in [1.54, 1.807) is 31.4 Å². The van der Waals surface area contributed by atoms with Crippen molar-refractivity contribution in [3.63, 3.8) is 0 Å². The molecule has 0 saturated heterocycles. The number of carbonyl (C=O) groups excluding carboxylic acids is 1. The predicted molar refractivity (Wildman–Crippen MR) is 124 cm³/mol. The number of methoxy groups -OCH3 is 1. The van der Waals surface area contributed by atoms with E-state index >= 15 is 0 Å². The lowest BCUT2D eigenvalue weighted by Gasteiger charge is -2.29. The molecule has 0 atom stereocenters. The minimum Gasteiger partial charge on any atom is -0.497 e. The Labute approximate surface area is 186 Å². The Morgan fingerprint density at radius 1 is 1.00 bits per heavy atom. The van der Waals surface area contributed by atoms with Crippen LogP contribution in [0.5, 0.6) is 11.5 Å². The van der Waals surface area contributed by atoms with Crippen molar-refractivity contribution in [2.24, 2.45) is 0 Å². The molecular weight excluding hydrogens is 404 g/mol. The topological polar surface area (TPSA) is 68.6 Å². The number of nitrogens with one attached hydrogen (secondary N) is 1. The van der Waals surface area contributed by atoms with Crippen LogP contribution in [0.25, 0.3) is 11.0 Å². The van der Waals surface area contributed by atoms with Crippen molar-refractivity contribution >= 4 is 28.3 Å². The lowest BCUT2D eigenvalue weighted by molar-refractivity contribution is -0.118. The fourth-order valence-corrected chi connectivity index (χ4v) is 3.98. The number of hydrogen-bond acceptors (Lipinski definition) is 5. The van der Waals surface area contributed by atoms with Gasteiger partial charge in [-0.2, -0.15) is 0 Å². The molecule has 0 spiro atoms. The summed E-state index contributed by atoms with van der Waals surface area (Å²) >= 11 is 0. The summed E-state index contributed by atoms with van der Waals surface area (Å²) in [5.74, 6) is 2.16. The molecule has 162 valence electrons. The van der Waals surface area contributed by atoms with Crippen LogP contribution in [0.1, 0.15) is 5.82 Å². The highest BCUT2D eigenvalue weighted by molar-refractivity contribution is 5.94. The molecule has 0 radical (unpaired) electrons. The molecule has 1 aromatic heterocycles. The second kappa shape index (κ2) is 8.63. The zero-order chi connectivity index (χ0) is 21.9. The Morgan fingerprint density at radius 2 is 1.78 bits per heavy atom. The smallest absolute Gasteiger partial charge is 0.262 e. The van der Waals surface area contributed by atoms with Crippen molar-refractivity contribution in [2.75, 3.05) is 30.5 Å². The van der Waals surface area contributed by atoms with Crippen LogP contribution < -0.4 is 19.7 Å². The summed E-state index contributed by atoms with van der Waals surface area (Å²) in [5, 5.41) is 2.89. The lowest BCUT2D eigenvalue weighted by Crippen LogP contribution is -2.33. The standard InChI is InChI=1S/C25H24N4O3/c1-31-20-8-10-21(11-9-20)32-17-25(30)26-18-7-12-23-22(15-18)27-24-16-28(13-14-29(23)24)19-5-3-2-4-6-19/h2-12,15H,13-14,16-17H2,1H3,(H,26,30). The number of benzene rings is 3. The molecule has 0 unspecified atom stereocenters. The molecule has 2 heterocycles. The number of amides is 1. The molecule has 0 fully saturated rings. The number of imidazole rings is 1. The van der Waals surface area contributed by atoms with Gasteiger partial charge in [0.05, 0.1) is 24.7 Å². The van der Waals surface area contributed by atoms with Crippen LogP contribution >= 0.6 is 0 Å². The molecule has 1 aliphatic rings. The highest BCUT2D eigenvalue weighted by Gasteiger charge is 2.20. The Morgan fingerprint density at radius 3 is 2.56 bits per heavy atom. The average molecular weight is 428 g/mol. The van der Waals surface area contributed by atoms with Gasteiger partial charge in [-0.3, -0.25) is 4.79 Å². The van der Waals surface area contributed by atoms with E-state index in [-0.39, 0.29) is 12.5 Å². The van der Waals surface area contributed by atoms with Crippen LogP contribution in [0.3, 0.4) is 0 Å². The van der Waals surface area contributed by atoms with Crippen LogP contribution in [0, 0.1) is 0 Å². The first-order chi connectivity index (χ1) is 15.7. The Hall–Kier alpha value is -4.00. The van der Waals surface area contributed by atoms with E-state index < -0.39 is 0 Å². The first-order valence-electron chi connectivity index (χ1n) is 10.6. The Bertz CT molecular complexity index is 1240. The SMILES string of the molecule is COc1ccc(OCC(=O)Nc2ccc3c(c2)nc2n3CCN(c3ccccc3)C2)cc1. The maximum absolute atomic E-state index is 12.3. The maximum Gasteiger partial charge on any atom is 0.262 e. The highest BCUT2D eigenvalue weighted by atomic mass is 16.5. The van der Waals surface area contributed by atoms with Crippen molar-refractivity contribution in [1.29, 1.82) is 0 Å². The minimum absolute atomic E-state index is 0.0733. The zero-order valence-corrected chi connectivity index (χ0v) is 17.8. The summed E-state index contributed by atoms with van der Waals surface area (Å²) in [4.78, 5) is 19.5. The molecule has 3 aromatic carbocycles. The first kappa shape index (κ1) is 19.9. The normalized spacial score (nSPS) is 13.0. The van der Waals surface area contributed by atoms with Gasteiger partial charge in [0.25, 0.3) is 5.91 Å². The molecule has 4 aromatic rings. The van der Waals surface area contributed by atoms with Gasteiger partial charge in [0.15, 0.2) is 6.61 Å². The third-order valence-electron chi connectivity index (χ3n) is 5.59. The number of anilines is 2. The van der Waals surface area contributed by atoms with E-state index in [2.05, 4.69) is 39.0 Å². The van der Waals surface area contributed by atoms with E-state index in [9.17, 15) is 4.79 Å². The molecule has 32 heavy (non-hydrogen) atoms. The number of rotatable bonds is 6. The number of carbonyl (C=O) groups is 1. The van der Waals surface area contributed by atoms with Crippen LogP contribution in [0.2, 0.25) is 0 Å². The summed E-state index contributed by atoms with van der Waals surface area (Å²) < 4.78 is 12.9. The van der Waals surface area contributed by atoms with Gasteiger partial charge in [-0.25, -0.2) is 4.98 Å². The van der Waals surface area contributed by atoms with Crippen molar-refractivity contribution in [3.05, 3.63) is 78.6 Å². The van der Waals surface area contributed by atoms with Gasteiger partial charge in [0.1, 0.15) is 17.3 Å². The van der Waals surface area contributed by atoms with Gasteiger partial charge < -0.3 is 24.3 Å². The van der Waals surface area contributed by atoms with E-state index in [0.29, 0.717) is 11.4 Å². The van der Waals surface area contributed by atoms with Crippen molar-refractivity contribution in [1.82, 2.24) is 9.55 Å². The van der Waals surface area contributed by atoms with Gasteiger partial charge in [-0.1, -0.05) is 18.2 Å². The number of nitrogens with zero attached hydrogens (tertiary/aromatic N) is 3. The summed E-state index contributed by atoms with van der Waals surface area (Å²) in [6.45, 7) is 2.50. The van der Waals surface area contributed by atoms with E-state index in [4.69, 9.17) is 14.5 Å². The van der Waals surface area contributed by atoms with Crippen LogP contribution in [0.15, 0.2) is 72.8 Å². The van der Waals surface area contributed by atoms with E-state index in [1.165, 1.54) is 5.69 Å². The predicted octanol–water partition coefficient (Wildman–Crippen LogP) is 4.08. The molecular formula is C25H24N4O3. The summed E-state index contributed by atoms with van der Waals surface area (Å²) in [7, 11) is 1.61. The minimum atomic E-state index is -0.223. The number of para-hydroxylation sites is 1. The van der Waals surface area contributed by atoms with E-state index in [1.807, 2.05) is 24.3 Å². The molecule has 0 saturated carbocycles. The monoisotopic (exact) mass is 428 g/mol. The molecule has 0 aliphatic carbocycles. The van der Waals surface area contributed by atoms with Gasteiger partial charge in [0.2, 0.25) is 0 Å². The molecule has 1 amide bonds. The third kappa shape index (κ3) is 4.09. The van der Waals surface area contributed by atoms with Crippen molar-refractivity contribution in [3.8, 4) is 11.5 Å². The Balaban J connectivity index is 1.25. The van der Waals surface area contributed by atoms with Crippen LogP contribution in [-0.2, 0) is 17.9 Å². The Kier molecular flexibility index (Phi) is 5.37. The van der Waals surface area contributed by atoms with Gasteiger partial charge in [-0.15, -0.1) is 0 Å². The number of ether oxygens (including phenoxy) is 2. The third-order valence-corrected chi connectivity index (χ3v) is 5.59.